The molecule has 0 aromatic rings. The topological polar surface area (TPSA) is 18.5 Å². The normalized spacial score (nSPS) is 27.9. The maximum atomic E-state index is 5.81. The van der Waals surface area contributed by atoms with Crippen molar-refractivity contribution in [1.82, 2.24) is 0 Å². The lowest BCUT2D eigenvalue weighted by Crippen LogP contribution is -2.29. The van der Waals surface area contributed by atoms with Crippen molar-refractivity contribution in [2.75, 3.05) is 19.8 Å². The van der Waals surface area contributed by atoms with E-state index >= 15 is 0 Å². The summed E-state index contributed by atoms with van der Waals surface area (Å²) in [7, 11) is 0. The molecule has 1 rings (SSSR count). The van der Waals surface area contributed by atoms with Gasteiger partial charge in [0, 0.05) is 10.5 Å². The van der Waals surface area contributed by atoms with Gasteiger partial charge in [0.2, 0.25) is 0 Å². The summed E-state index contributed by atoms with van der Waals surface area (Å²) in [4.78, 5) is 0. The van der Waals surface area contributed by atoms with Gasteiger partial charge in [-0.2, -0.15) is 0 Å². The smallest absolute Gasteiger partial charge is 0.0704 e. The standard InChI is InChI=1S/C11H21IO2/c1-2-7-13-8-9-14-11-6-4-3-5-10(11)12/h10-11H,2-9H2,1H3. The first-order valence-electron chi connectivity index (χ1n) is 5.68. The number of halogens is 1. The first-order valence-corrected chi connectivity index (χ1v) is 6.92. The van der Waals surface area contributed by atoms with Crippen LogP contribution in [0.25, 0.3) is 0 Å². The van der Waals surface area contributed by atoms with Crippen molar-refractivity contribution in [3.05, 3.63) is 0 Å². The second kappa shape index (κ2) is 7.88. The highest BCUT2D eigenvalue weighted by Gasteiger charge is 2.22. The second-order valence-corrected chi connectivity index (χ2v) is 5.42. The highest BCUT2D eigenvalue weighted by atomic mass is 127. The Hall–Kier alpha value is 0.650. The average Bonchev–Trinajstić information content (AvgIpc) is 2.20. The molecule has 3 heteroatoms. The van der Waals surface area contributed by atoms with E-state index < -0.39 is 0 Å². The van der Waals surface area contributed by atoms with Crippen molar-refractivity contribution in [2.24, 2.45) is 0 Å². The summed E-state index contributed by atoms with van der Waals surface area (Å²) >= 11 is 2.52. The number of ether oxygens (including phenoxy) is 2. The lowest BCUT2D eigenvalue weighted by atomic mass is 9.98. The van der Waals surface area contributed by atoms with E-state index in [0.29, 0.717) is 10.0 Å². The third-order valence-electron chi connectivity index (χ3n) is 2.53. The molecule has 0 heterocycles. The molecule has 2 nitrogen and oxygen atoms in total. The Morgan fingerprint density at radius 3 is 2.64 bits per heavy atom. The summed E-state index contributed by atoms with van der Waals surface area (Å²) in [5.41, 5.74) is 0. The van der Waals surface area contributed by atoms with Gasteiger partial charge in [-0.15, -0.1) is 0 Å². The van der Waals surface area contributed by atoms with Gasteiger partial charge in [-0.05, 0) is 19.3 Å². The van der Waals surface area contributed by atoms with E-state index in [1.165, 1.54) is 25.7 Å². The Labute approximate surface area is 101 Å². The third-order valence-corrected chi connectivity index (χ3v) is 3.95. The summed E-state index contributed by atoms with van der Waals surface area (Å²) in [5, 5.41) is 0. The van der Waals surface area contributed by atoms with Crippen molar-refractivity contribution in [3.8, 4) is 0 Å². The predicted molar refractivity (Wildman–Crippen MR) is 67.1 cm³/mol. The monoisotopic (exact) mass is 312 g/mol. The minimum Gasteiger partial charge on any atom is -0.379 e. The van der Waals surface area contributed by atoms with Gasteiger partial charge >= 0.3 is 0 Å². The number of alkyl halides is 1. The molecule has 1 aliphatic carbocycles. The van der Waals surface area contributed by atoms with Crippen molar-refractivity contribution in [3.63, 3.8) is 0 Å². The number of hydrogen-bond donors (Lipinski definition) is 0. The van der Waals surface area contributed by atoms with Crippen LogP contribution in [0.1, 0.15) is 39.0 Å². The molecular weight excluding hydrogens is 291 g/mol. The fourth-order valence-electron chi connectivity index (χ4n) is 1.74. The molecule has 0 aromatic heterocycles. The largest absolute Gasteiger partial charge is 0.379 e. The predicted octanol–water partition coefficient (Wildman–Crippen LogP) is 3.18. The van der Waals surface area contributed by atoms with Gasteiger partial charge in [-0.1, -0.05) is 42.4 Å². The van der Waals surface area contributed by atoms with Crippen molar-refractivity contribution < 1.29 is 9.47 Å². The van der Waals surface area contributed by atoms with Crippen molar-refractivity contribution in [2.45, 2.75) is 49.1 Å². The minimum absolute atomic E-state index is 0.481. The zero-order valence-corrected chi connectivity index (χ0v) is 11.2. The van der Waals surface area contributed by atoms with E-state index in [9.17, 15) is 0 Å². The summed E-state index contributed by atoms with van der Waals surface area (Å²) < 4.78 is 11.9. The van der Waals surface area contributed by atoms with Crippen molar-refractivity contribution >= 4 is 22.6 Å². The van der Waals surface area contributed by atoms with Crippen LogP contribution in [0.3, 0.4) is 0 Å². The zero-order valence-electron chi connectivity index (χ0n) is 9.01. The van der Waals surface area contributed by atoms with Gasteiger partial charge < -0.3 is 9.47 Å². The Kier molecular flexibility index (Phi) is 7.16. The van der Waals surface area contributed by atoms with Crippen LogP contribution in [-0.4, -0.2) is 29.8 Å². The molecule has 0 aromatic carbocycles. The van der Waals surface area contributed by atoms with Crippen LogP contribution in [0.15, 0.2) is 0 Å². The van der Waals surface area contributed by atoms with Crippen LogP contribution >= 0.6 is 22.6 Å². The summed E-state index contributed by atoms with van der Waals surface area (Å²) in [6, 6.07) is 0. The van der Waals surface area contributed by atoms with Gasteiger partial charge in [0.25, 0.3) is 0 Å². The third kappa shape index (κ3) is 4.94. The second-order valence-electron chi connectivity index (χ2n) is 3.82. The first kappa shape index (κ1) is 12.7. The lowest BCUT2D eigenvalue weighted by Gasteiger charge is -2.27. The molecule has 1 aliphatic rings. The van der Waals surface area contributed by atoms with E-state index in [1.807, 2.05) is 0 Å². The minimum atomic E-state index is 0.481. The molecule has 0 N–H and O–H groups in total. The maximum Gasteiger partial charge on any atom is 0.0704 e. The molecular formula is C11H21IO2. The van der Waals surface area contributed by atoms with Crippen molar-refractivity contribution in [1.29, 1.82) is 0 Å². The van der Waals surface area contributed by atoms with Gasteiger partial charge in [0.1, 0.15) is 0 Å². The number of hydrogen-bond acceptors (Lipinski definition) is 2. The molecule has 84 valence electrons. The summed E-state index contributed by atoms with van der Waals surface area (Å²) in [5.74, 6) is 0. The van der Waals surface area contributed by atoms with Crippen LogP contribution in [-0.2, 0) is 9.47 Å². The molecule has 14 heavy (non-hydrogen) atoms. The molecule has 0 bridgehead atoms. The van der Waals surface area contributed by atoms with Gasteiger partial charge in [0.05, 0.1) is 19.3 Å². The maximum absolute atomic E-state index is 5.81. The molecule has 0 aliphatic heterocycles. The fourth-order valence-corrected chi connectivity index (χ4v) is 2.75. The van der Waals surface area contributed by atoms with Crippen LogP contribution in [0.4, 0.5) is 0 Å². The highest BCUT2D eigenvalue weighted by molar-refractivity contribution is 14.1. The molecule has 0 radical (unpaired) electrons. The average molecular weight is 312 g/mol. The van der Waals surface area contributed by atoms with E-state index in [-0.39, 0.29) is 0 Å². The Morgan fingerprint density at radius 1 is 1.14 bits per heavy atom. The van der Waals surface area contributed by atoms with Crippen LogP contribution in [0, 0.1) is 0 Å². The lowest BCUT2D eigenvalue weighted by molar-refractivity contribution is -0.00469. The SMILES string of the molecule is CCCOCCOC1CCCCC1I. The Balaban J connectivity index is 1.99. The van der Waals surface area contributed by atoms with Gasteiger partial charge in [0.15, 0.2) is 0 Å². The Morgan fingerprint density at radius 2 is 1.93 bits per heavy atom. The molecule has 1 saturated carbocycles. The Bertz CT molecular complexity index is 141. The highest BCUT2D eigenvalue weighted by Crippen LogP contribution is 2.27. The van der Waals surface area contributed by atoms with E-state index in [0.717, 1.165) is 26.2 Å². The van der Waals surface area contributed by atoms with Crippen LogP contribution in [0.2, 0.25) is 0 Å². The zero-order chi connectivity index (χ0) is 10.2. The summed E-state index contributed by atoms with van der Waals surface area (Å²) in [6.07, 6.45) is 6.84. The first-order chi connectivity index (χ1) is 6.84. The quantitative estimate of drug-likeness (QED) is 0.426. The fraction of sp³-hybridized carbons (Fsp3) is 1.00. The van der Waals surface area contributed by atoms with E-state index in [4.69, 9.17) is 9.47 Å². The van der Waals surface area contributed by atoms with Gasteiger partial charge in [-0.25, -0.2) is 0 Å². The van der Waals surface area contributed by atoms with Gasteiger partial charge in [-0.3, -0.25) is 0 Å². The molecule has 1 fully saturated rings. The van der Waals surface area contributed by atoms with E-state index in [1.54, 1.807) is 0 Å². The molecule has 0 spiro atoms. The van der Waals surface area contributed by atoms with E-state index in [2.05, 4.69) is 29.5 Å². The number of rotatable bonds is 6. The van der Waals surface area contributed by atoms with Crippen LogP contribution in [0.5, 0.6) is 0 Å². The summed E-state index contributed by atoms with van der Waals surface area (Å²) in [6.45, 7) is 4.52. The molecule has 2 atom stereocenters. The van der Waals surface area contributed by atoms with Crippen LogP contribution < -0.4 is 0 Å². The molecule has 0 saturated heterocycles. The molecule has 0 amide bonds. The molecule has 2 unspecified atom stereocenters.